The molecule has 2 unspecified atom stereocenters. The van der Waals surface area contributed by atoms with E-state index in [1.165, 1.54) is 19.3 Å². The van der Waals surface area contributed by atoms with Crippen molar-refractivity contribution in [3.05, 3.63) is 21.9 Å². The van der Waals surface area contributed by atoms with Crippen molar-refractivity contribution in [2.75, 3.05) is 0 Å². The Morgan fingerprint density at radius 2 is 2.50 bits per heavy atom. The summed E-state index contributed by atoms with van der Waals surface area (Å²) in [5, 5.41) is 2.20. The van der Waals surface area contributed by atoms with E-state index in [9.17, 15) is 0 Å². The monoisotopic (exact) mass is 181 g/mol. The van der Waals surface area contributed by atoms with Crippen LogP contribution in [-0.2, 0) is 6.42 Å². The Bertz CT molecular complexity index is 265. The smallest absolute Gasteiger partial charge is 0.0123 e. The molecule has 1 aromatic rings. The lowest BCUT2D eigenvalue weighted by molar-refractivity contribution is 0.494. The molecule has 1 aliphatic rings. The van der Waals surface area contributed by atoms with Gasteiger partial charge in [0.05, 0.1) is 0 Å². The van der Waals surface area contributed by atoms with Crippen LogP contribution in [0.25, 0.3) is 0 Å². The van der Waals surface area contributed by atoms with E-state index in [1.807, 2.05) is 11.3 Å². The Hall–Kier alpha value is -0.340. The van der Waals surface area contributed by atoms with Crippen LogP contribution in [-0.4, -0.2) is 6.04 Å². The van der Waals surface area contributed by atoms with Crippen LogP contribution in [0, 0.1) is 0 Å². The molecule has 0 radical (unpaired) electrons. The van der Waals surface area contributed by atoms with Crippen LogP contribution in [0.4, 0.5) is 0 Å². The molecule has 66 valence electrons. The van der Waals surface area contributed by atoms with Gasteiger partial charge in [-0.2, -0.15) is 0 Å². The zero-order chi connectivity index (χ0) is 8.55. The zero-order valence-electron chi connectivity index (χ0n) is 7.42. The van der Waals surface area contributed by atoms with Crippen LogP contribution in [0.2, 0.25) is 0 Å². The third-order valence-electron chi connectivity index (χ3n) is 2.71. The highest BCUT2D eigenvalue weighted by Gasteiger charge is 2.23. The molecule has 0 spiro atoms. The number of fused-ring (bicyclic) bond motifs is 1. The summed E-state index contributed by atoms with van der Waals surface area (Å²) in [6.45, 7) is 2.12. The van der Waals surface area contributed by atoms with Gasteiger partial charge in [-0.3, -0.25) is 0 Å². The van der Waals surface area contributed by atoms with E-state index >= 15 is 0 Å². The molecular weight excluding hydrogens is 166 g/mol. The third kappa shape index (κ3) is 1.29. The molecule has 2 rings (SSSR count). The number of hydrogen-bond donors (Lipinski definition) is 1. The average molecular weight is 181 g/mol. The summed E-state index contributed by atoms with van der Waals surface area (Å²) in [5.41, 5.74) is 7.50. The van der Waals surface area contributed by atoms with Gasteiger partial charge in [0, 0.05) is 16.8 Å². The zero-order valence-corrected chi connectivity index (χ0v) is 8.23. The van der Waals surface area contributed by atoms with Crippen molar-refractivity contribution in [1.29, 1.82) is 0 Å². The molecular formula is C10H15NS. The molecule has 0 amide bonds. The van der Waals surface area contributed by atoms with Crippen LogP contribution >= 0.6 is 11.3 Å². The fourth-order valence-corrected chi connectivity index (χ4v) is 3.23. The van der Waals surface area contributed by atoms with Crippen molar-refractivity contribution in [2.45, 2.75) is 38.1 Å². The first-order chi connectivity index (χ1) is 5.79. The molecule has 2 N–H and O–H groups in total. The van der Waals surface area contributed by atoms with E-state index in [4.69, 9.17) is 5.73 Å². The summed E-state index contributed by atoms with van der Waals surface area (Å²) in [4.78, 5) is 1.55. The molecule has 0 saturated heterocycles. The number of hydrogen-bond acceptors (Lipinski definition) is 2. The summed E-state index contributed by atoms with van der Waals surface area (Å²) in [7, 11) is 0. The predicted molar refractivity (Wildman–Crippen MR) is 53.6 cm³/mol. The molecule has 0 fully saturated rings. The lowest BCUT2D eigenvalue weighted by Gasteiger charge is -2.25. The van der Waals surface area contributed by atoms with Crippen molar-refractivity contribution >= 4 is 11.3 Å². The lowest BCUT2D eigenvalue weighted by Crippen LogP contribution is -2.26. The van der Waals surface area contributed by atoms with Crippen LogP contribution in [0.1, 0.15) is 36.1 Å². The van der Waals surface area contributed by atoms with E-state index in [0.717, 1.165) is 0 Å². The molecule has 0 aromatic carbocycles. The highest BCUT2D eigenvalue weighted by molar-refractivity contribution is 7.10. The van der Waals surface area contributed by atoms with E-state index in [2.05, 4.69) is 18.4 Å². The quantitative estimate of drug-likeness (QED) is 0.708. The molecule has 12 heavy (non-hydrogen) atoms. The highest BCUT2D eigenvalue weighted by Crippen LogP contribution is 2.36. The number of rotatable bonds is 1. The standard InChI is InChI=1S/C10H15NS/c1-7(11)9-4-2-3-8-5-6-12-10(8)9/h5-7,9H,2-4,11H2,1H3. The fourth-order valence-electron chi connectivity index (χ4n) is 2.02. The summed E-state index contributed by atoms with van der Waals surface area (Å²) in [6.07, 6.45) is 3.86. The van der Waals surface area contributed by atoms with Gasteiger partial charge in [-0.05, 0) is 43.2 Å². The minimum atomic E-state index is 0.322. The van der Waals surface area contributed by atoms with E-state index < -0.39 is 0 Å². The molecule has 2 heteroatoms. The number of thiophene rings is 1. The summed E-state index contributed by atoms with van der Waals surface area (Å²) in [5.74, 6) is 0.633. The van der Waals surface area contributed by atoms with Crippen LogP contribution in [0.5, 0.6) is 0 Å². The Morgan fingerprint density at radius 3 is 3.25 bits per heavy atom. The largest absolute Gasteiger partial charge is 0.327 e. The molecule has 1 aromatic heterocycles. The van der Waals surface area contributed by atoms with Gasteiger partial charge < -0.3 is 5.73 Å². The molecule has 1 nitrogen and oxygen atoms in total. The van der Waals surface area contributed by atoms with Gasteiger partial charge in [0.25, 0.3) is 0 Å². The molecule has 2 atom stereocenters. The van der Waals surface area contributed by atoms with Crippen LogP contribution < -0.4 is 5.73 Å². The molecule has 0 aliphatic heterocycles. The van der Waals surface area contributed by atoms with E-state index in [-0.39, 0.29) is 0 Å². The Kier molecular flexibility index (Phi) is 2.20. The second-order valence-corrected chi connectivity index (χ2v) is 4.62. The van der Waals surface area contributed by atoms with Crippen LogP contribution in [0.15, 0.2) is 11.4 Å². The summed E-state index contributed by atoms with van der Waals surface area (Å²) < 4.78 is 0. The summed E-state index contributed by atoms with van der Waals surface area (Å²) >= 11 is 1.88. The SMILES string of the molecule is CC(N)C1CCCc2ccsc21. The minimum Gasteiger partial charge on any atom is -0.327 e. The number of nitrogens with two attached hydrogens (primary N) is 1. The second kappa shape index (κ2) is 3.19. The van der Waals surface area contributed by atoms with E-state index in [1.54, 1.807) is 10.4 Å². The highest BCUT2D eigenvalue weighted by atomic mass is 32.1. The van der Waals surface area contributed by atoms with Crippen molar-refractivity contribution in [2.24, 2.45) is 5.73 Å². The second-order valence-electron chi connectivity index (χ2n) is 3.67. The first-order valence-electron chi connectivity index (χ1n) is 4.61. The van der Waals surface area contributed by atoms with Crippen molar-refractivity contribution in [3.8, 4) is 0 Å². The normalized spacial score (nSPS) is 25.0. The lowest BCUT2D eigenvalue weighted by atomic mass is 9.85. The maximum atomic E-state index is 5.95. The molecule has 1 aliphatic carbocycles. The van der Waals surface area contributed by atoms with Gasteiger partial charge in [0.1, 0.15) is 0 Å². The fraction of sp³-hybridized carbons (Fsp3) is 0.600. The maximum Gasteiger partial charge on any atom is 0.0123 e. The predicted octanol–water partition coefficient (Wildman–Crippen LogP) is 2.52. The van der Waals surface area contributed by atoms with Crippen molar-refractivity contribution in [3.63, 3.8) is 0 Å². The minimum absolute atomic E-state index is 0.322. The van der Waals surface area contributed by atoms with Gasteiger partial charge in [0.15, 0.2) is 0 Å². The van der Waals surface area contributed by atoms with E-state index in [0.29, 0.717) is 12.0 Å². The first-order valence-corrected chi connectivity index (χ1v) is 5.49. The van der Waals surface area contributed by atoms with Gasteiger partial charge in [-0.15, -0.1) is 11.3 Å². The van der Waals surface area contributed by atoms with Crippen molar-refractivity contribution < 1.29 is 0 Å². The molecule has 0 bridgehead atoms. The third-order valence-corrected chi connectivity index (χ3v) is 3.80. The van der Waals surface area contributed by atoms with Gasteiger partial charge in [-0.1, -0.05) is 0 Å². The molecule has 1 heterocycles. The van der Waals surface area contributed by atoms with Gasteiger partial charge in [-0.25, -0.2) is 0 Å². The van der Waals surface area contributed by atoms with Crippen LogP contribution in [0.3, 0.4) is 0 Å². The number of aryl methyl sites for hydroxylation is 1. The first kappa shape index (κ1) is 8.27. The van der Waals surface area contributed by atoms with Crippen molar-refractivity contribution in [1.82, 2.24) is 0 Å². The Balaban J connectivity index is 2.31. The topological polar surface area (TPSA) is 26.0 Å². The Labute approximate surface area is 77.6 Å². The maximum absolute atomic E-state index is 5.95. The van der Waals surface area contributed by atoms with Gasteiger partial charge in [0.2, 0.25) is 0 Å². The Morgan fingerprint density at radius 1 is 1.67 bits per heavy atom. The van der Waals surface area contributed by atoms with Gasteiger partial charge >= 0.3 is 0 Å². The molecule has 0 saturated carbocycles. The summed E-state index contributed by atoms with van der Waals surface area (Å²) in [6, 6.07) is 2.58. The average Bonchev–Trinajstić information content (AvgIpc) is 2.49.